The number of halogens is 1. The average Bonchev–Trinajstić information content (AvgIpc) is 2.12. The summed E-state index contributed by atoms with van der Waals surface area (Å²) in [7, 11) is 0. The third-order valence-electron chi connectivity index (χ3n) is 2.18. The molecule has 0 aliphatic rings. The first-order valence-corrected chi connectivity index (χ1v) is 6.60. The Labute approximate surface area is 116 Å². The summed E-state index contributed by atoms with van der Waals surface area (Å²) in [6.07, 6.45) is -0.416. The normalized spacial score (nSPS) is 13.0. The fourth-order valence-corrected chi connectivity index (χ4v) is 2.02. The van der Waals surface area contributed by atoms with Gasteiger partial charge in [-0.25, -0.2) is 9.78 Å². The molecule has 1 N–H and O–H groups in total. The fraction of sp³-hybridized carbons (Fsp3) is 0.538. The quantitative estimate of drug-likeness (QED) is 0.846. The molecule has 5 heteroatoms. The highest BCUT2D eigenvalue weighted by Gasteiger charge is 2.18. The molecule has 1 aromatic rings. The summed E-state index contributed by atoms with van der Waals surface area (Å²) < 4.78 is 5.97. The zero-order valence-electron chi connectivity index (χ0n) is 11.4. The molecule has 1 atom stereocenters. The number of hydrogen-bond acceptors (Lipinski definition) is 3. The number of nitrogens with zero attached hydrogens (tertiary/aromatic N) is 1. The highest BCUT2D eigenvalue weighted by molar-refractivity contribution is 9.10. The number of hydrogen-bond donors (Lipinski definition) is 1. The molecule has 0 saturated carbocycles. The van der Waals surface area contributed by atoms with E-state index in [2.05, 4.69) is 26.2 Å². The number of pyridine rings is 1. The second-order valence-electron chi connectivity index (χ2n) is 5.23. The lowest BCUT2D eigenvalue weighted by Crippen LogP contribution is -2.34. The smallest absolute Gasteiger partial charge is 0.408 e. The van der Waals surface area contributed by atoms with Crippen LogP contribution < -0.4 is 5.32 Å². The van der Waals surface area contributed by atoms with Crippen LogP contribution in [0.3, 0.4) is 0 Å². The number of nitrogens with one attached hydrogen (secondary N) is 1. The van der Waals surface area contributed by atoms with Crippen LogP contribution in [0.15, 0.2) is 16.7 Å². The maximum atomic E-state index is 11.7. The van der Waals surface area contributed by atoms with Crippen molar-refractivity contribution in [3.8, 4) is 0 Å². The number of rotatable bonds is 2. The Kier molecular flexibility index (Phi) is 4.73. The summed E-state index contributed by atoms with van der Waals surface area (Å²) in [5, 5.41) is 2.80. The number of ether oxygens (including phenoxy) is 1. The molecule has 1 aromatic heterocycles. The Bertz CT molecular complexity index is 421. The third kappa shape index (κ3) is 5.04. The Morgan fingerprint density at radius 3 is 2.56 bits per heavy atom. The van der Waals surface area contributed by atoms with Gasteiger partial charge in [0.2, 0.25) is 0 Å². The van der Waals surface area contributed by atoms with Crippen molar-refractivity contribution in [1.82, 2.24) is 10.3 Å². The minimum absolute atomic E-state index is 0.127. The molecule has 1 unspecified atom stereocenters. The first-order chi connectivity index (χ1) is 8.17. The van der Waals surface area contributed by atoms with E-state index in [1.807, 2.05) is 46.8 Å². The number of alkyl carbamates (subject to hydrolysis) is 1. The standard InChI is InChI=1S/C13H19BrN2O2/c1-8-6-10(7-11(14)15-8)9(2)16-12(17)18-13(3,4)5/h6-7,9H,1-5H3,(H,16,17). The van der Waals surface area contributed by atoms with Crippen LogP contribution in [0.1, 0.15) is 45.0 Å². The predicted molar refractivity (Wildman–Crippen MR) is 74.5 cm³/mol. The topological polar surface area (TPSA) is 51.2 Å². The lowest BCUT2D eigenvalue weighted by Gasteiger charge is -2.22. The second kappa shape index (κ2) is 5.69. The molecule has 0 saturated heterocycles. The fourth-order valence-electron chi connectivity index (χ4n) is 1.47. The molecule has 0 spiro atoms. The van der Waals surface area contributed by atoms with Crippen molar-refractivity contribution < 1.29 is 9.53 Å². The van der Waals surface area contributed by atoms with Gasteiger partial charge in [-0.05, 0) is 68.2 Å². The van der Waals surface area contributed by atoms with Crippen LogP contribution in [0.5, 0.6) is 0 Å². The van der Waals surface area contributed by atoms with Crippen LogP contribution in [0, 0.1) is 6.92 Å². The van der Waals surface area contributed by atoms with E-state index < -0.39 is 11.7 Å². The predicted octanol–water partition coefficient (Wildman–Crippen LogP) is 3.74. The third-order valence-corrected chi connectivity index (χ3v) is 2.58. The molecule has 4 nitrogen and oxygen atoms in total. The van der Waals surface area contributed by atoms with Gasteiger partial charge in [0.25, 0.3) is 0 Å². The Morgan fingerprint density at radius 2 is 2.06 bits per heavy atom. The number of carbonyl (C=O) groups excluding carboxylic acids is 1. The van der Waals surface area contributed by atoms with Crippen LogP contribution in [0.25, 0.3) is 0 Å². The highest BCUT2D eigenvalue weighted by atomic mass is 79.9. The summed E-state index contributed by atoms with van der Waals surface area (Å²) in [6.45, 7) is 9.33. The number of aryl methyl sites for hydroxylation is 1. The van der Waals surface area contributed by atoms with Gasteiger partial charge in [0.15, 0.2) is 0 Å². The van der Waals surface area contributed by atoms with Crippen LogP contribution in [-0.2, 0) is 4.74 Å². The molecular formula is C13H19BrN2O2. The van der Waals surface area contributed by atoms with Crippen molar-refractivity contribution in [2.45, 2.75) is 46.3 Å². The monoisotopic (exact) mass is 314 g/mol. The lowest BCUT2D eigenvalue weighted by molar-refractivity contribution is 0.0508. The lowest BCUT2D eigenvalue weighted by atomic mass is 10.1. The SMILES string of the molecule is Cc1cc(C(C)NC(=O)OC(C)(C)C)cc(Br)n1. The minimum Gasteiger partial charge on any atom is -0.444 e. The summed E-state index contributed by atoms with van der Waals surface area (Å²) in [5.74, 6) is 0. The van der Waals surface area contributed by atoms with Gasteiger partial charge in [-0.15, -0.1) is 0 Å². The molecule has 1 amide bonds. The van der Waals surface area contributed by atoms with Crippen LogP contribution in [-0.4, -0.2) is 16.7 Å². The second-order valence-corrected chi connectivity index (χ2v) is 6.04. The van der Waals surface area contributed by atoms with Crippen molar-refractivity contribution in [3.63, 3.8) is 0 Å². The maximum absolute atomic E-state index is 11.7. The van der Waals surface area contributed by atoms with Crippen molar-refractivity contribution in [3.05, 3.63) is 28.0 Å². The van der Waals surface area contributed by atoms with Crippen LogP contribution >= 0.6 is 15.9 Å². The van der Waals surface area contributed by atoms with Crippen LogP contribution in [0.4, 0.5) is 4.79 Å². The Morgan fingerprint density at radius 1 is 1.44 bits per heavy atom. The Balaban J connectivity index is 2.70. The number of aromatic nitrogens is 1. The first-order valence-electron chi connectivity index (χ1n) is 5.81. The Hall–Kier alpha value is -1.10. The van der Waals surface area contributed by atoms with Gasteiger partial charge >= 0.3 is 6.09 Å². The van der Waals surface area contributed by atoms with E-state index in [1.54, 1.807) is 0 Å². The summed E-state index contributed by atoms with van der Waals surface area (Å²) in [5.41, 5.74) is 1.40. The molecule has 0 aromatic carbocycles. The van der Waals surface area contributed by atoms with E-state index in [9.17, 15) is 4.79 Å². The first kappa shape index (κ1) is 15.0. The highest BCUT2D eigenvalue weighted by Crippen LogP contribution is 2.18. The summed E-state index contributed by atoms with van der Waals surface area (Å²) in [6, 6.07) is 3.69. The molecule has 0 fully saturated rings. The average molecular weight is 315 g/mol. The number of carbonyl (C=O) groups is 1. The zero-order valence-corrected chi connectivity index (χ0v) is 13.0. The number of amides is 1. The molecule has 100 valence electrons. The molecule has 18 heavy (non-hydrogen) atoms. The molecule has 0 aliphatic heterocycles. The van der Waals surface area contributed by atoms with Gasteiger partial charge in [0, 0.05) is 5.69 Å². The molecule has 0 aliphatic carbocycles. The molecule has 1 heterocycles. The summed E-state index contributed by atoms with van der Waals surface area (Å²) >= 11 is 3.34. The van der Waals surface area contributed by atoms with Gasteiger partial charge in [-0.1, -0.05) is 0 Å². The minimum atomic E-state index is -0.488. The van der Waals surface area contributed by atoms with Gasteiger partial charge < -0.3 is 10.1 Å². The van der Waals surface area contributed by atoms with E-state index in [1.165, 1.54) is 0 Å². The van der Waals surface area contributed by atoms with E-state index in [-0.39, 0.29) is 6.04 Å². The zero-order chi connectivity index (χ0) is 13.9. The molecule has 1 rings (SSSR count). The molecular weight excluding hydrogens is 296 g/mol. The van der Waals surface area contributed by atoms with Gasteiger partial charge in [0.1, 0.15) is 10.2 Å². The maximum Gasteiger partial charge on any atom is 0.408 e. The molecule has 0 radical (unpaired) electrons. The van der Waals surface area contributed by atoms with Gasteiger partial charge in [-0.3, -0.25) is 0 Å². The van der Waals surface area contributed by atoms with Crippen molar-refractivity contribution in [2.75, 3.05) is 0 Å². The van der Waals surface area contributed by atoms with E-state index in [0.29, 0.717) is 0 Å². The van der Waals surface area contributed by atoms with Gasteiger partial charge in [-0.2, -0.15) is 0 Å². The van der Waals surface area contributed by atoms with Gasteiger partial charge in [0.05, 0.1) is 6.04 Å². The molecule has 0 bridgehead atoms. The largest absolute Gasteiger partial charge is 0.444 e. The van der Waals surface area contributed by atoms with Crippen molar-refractivity contribution in [2.24, 2.45) is 0 Å². The summed E-state index contributed by atoms with van der Waals surface area (Å²) in [4.78, 5) is 15.9. The van der Waals surface area contributed by atoms with Crippen molar-refractivity contribution >= 4 is 22.0 Å². The van der Waals surface area contributed by atoms with E-state index >= 15 is 0 Å². The van der Waals surface area contributed by atoms with Crippen molar-refractivity contribution in [1.29, 1.82) is 0 Å². The van der Waals surface area contributed by atoms with E-state index in [4.69, 9.17) is 4.74 Å². The van der Waals surface area contributed by atoms with E-state index in [0.717, 1.165) is 15.9 Å². The van der Waals surface area contributed by atoms with Crippen LogP contribution in [0.2, 0.25) is 0 Å².